The molecule has 0 unspecified atom stereocenters. The minimum Gasteiger partial charge on any atom is -0.381 e. The molecule has 4 nitrogen and oxygen atoms in total. The van der Waals surface area contributed by atoms with E-state index in [0.29, 0.717) is 35.9 Å². The van der Waals surface area contributed by atoms with Crippen LogP contribution in [0.3, 0.4) is 0 Å². The molecule has 1 amide bonds. The summed E-state index contributed by atoms with van der Waals surface area (Å²) in [6.07, 6.45) is 4.60. The number of carbonyl (C=O) groups is 1. The van der Waals surface area contributed by atoms with Crippen molar-refractivity contribution in [1.82, 2.24) is 9.88 Å². The molecule has 2 fully saturated rings. The molecule has 7 heteroatoms. The number of nitrogens with one attached hydrogen (secondary N) is 1. The largest absolute Gasteiger partial charge is 0.381 e. The molecule has 1 N–H and O–H groups in total. The van der Waals surface area contributed by atoms with Crippen LogP contribution in [0.2, 0.25) is 5.02 Å². The Bertz CT molecular complexity index is 867. The van der Waals surface area contributed by atoms with Gasteiger partial charge in [-0.25, -0.2) is 8.78 Å². The van der Waals surface area contributed by atoms with Crippen LogP contribution in [0.25, 0.3) is 10.9 Å². The van der Waals surface area contributed by atoms with E-state index in [1.165, 1.54) is 0 Å². The van der Waals surface area contributed by atoms with Gasteiger partial charge in [-0.2, -0.15) is 0 Å². The first-order valence-electron chi connectivity index (χ1n) is 10.4. The second-order valence-electron chi connectivity index (χ2n) is 8.39. The number of rotatable bonds is 5. The monoisotopic (exact) mass is 424 g/mol. The molecule has 158 valence electrons. The standard InChI is InChI=1S/C22H27ClF2N2O2/c23-18-2-1-3-19-20(18)17(14-27(19)13-16-6-10-29-11-7-16)21(28)26-12-15-4-8-22(24,25)9-5-15/h1-3,14-16H,4-13H2,(H,26,28). The number of alkyl halides is 2. The summed E-state index contributed by atoms with van der Waals surface area (Å²) in [6, 6.07) is 5.68. The zero-order valence-corrected chi connectivity index (χ0v) is 17.2. The lowest BCUT2D eigenvalue weighted by atomic mass is 9.87. The second kappa shape index (κ2) is 8.60. The number of benzene rings is 1. The number of nitrogens with zero attached hydrogens (tertiary/aromatic N) is 1. The predicted octanol–water partition coefficient (Wildman–Crippen LogP) is 5.28. The topological polar surface area (TPSA) is 43.3 Å². The normalized spacial score (nSPS) is 20.8. The van der Waals surface area contributed by atoms with Crippen LogP contribution in [0.5, 0.6) is 0 Å². The minimum absolute atomic E-state index is 0.0935. The molecule has 2 aliphatic rings. The number of ether oxygens (including phenoxy) is 1. The summed E-state index contributed by atoms with van der Waals surface area (Å²) < 4.78 is 34.3. The quantitative estimate of drug-likeness (QED) is 0.709. The van der Waals surface area contributed by atoms with E-state index in [-0.39, 0.29) is 24.7 Å². The van der Waals surface area contributed by atoms with Crippen LogP contribution in [0.4, 0.5) is 8.78 Å². The summed E-state index contributed by atoms with van der Waals surface area (Å²) in [5, 5.41) is 4.27. The van der Waals surface area contributed by atoms with Crippen LogP contribution >= 0.6 is 11.6 Å². The highest BCUT2D eigenvalue weighted by atomic mass is 35.5. The van der Waals surface area contributed by atoms with Crippen LogP contribution in [-0.2, 0) is 11.3 Å². The van der Waals surface area contributed by atoms with Crippen molar-refractivity contribution in [3.63, 3.8) is 0 Å². The van der Waals surface area contributed by atoms with Gasteiger partial charge in [0.15, 0.2) is 0 Å². The Morgan fingerprint density at radius 2 is 1.90 bits per heavy atom. The van der Waals surface area contributed by atoms with E-state index >= 15 is 0 Å². The van der Waals surface area contributed by atoms with E-state index in [1.807, 2.05) is 18.3 Å². The zero-order chi connectivity index (χ0) is 20.4. The Kier molecular flexibility index (Phi) is 6.11. The van der Waals surface area contributed by atoms with Crippen molar-refractivity contribution < 1.29 is 18.3 Å². The highest BCUT2D eigenvalue weighted by molar-refractivity contribution is 6.36. The van der Waals surface area contributed by atoms with Gasteiger partial charge in [0.05, 0.1) is 16.1 Å². The zero-order valence-electron chi connectivity index (χ0n) is 16.4. The van der Waals surface area contributed by atoms with Crippen molar-refractivity contribution >= 4 is 28.4 Å². The van der Waals surface area contributed by atoms with Gasteiger partial charge in [0.25, 0.3) is 5.91 Å². The Hall–Kier alpha value is -1.66. The average Bonchev–Trinajstić information content (AvgIpc) is 3.08. The van der Waals surface area contributed by atoms with Crippen LogP contribution < -0.4 is 5.32 Å². The molecule has 1 aromatic heterocycles. The van der Waals surface area contributed by atoms with Crippen LogP contribution in [-0.4, -0.2) is 36.2 Å². The van der Waals surface area contributed by atoms with Gasteiger partial charge in [-0.15, -0.1) is 0 Å². The SMILES string of the molecule is O=C(NCC1CCC(F)(F)CC1)c1cn(CC2CCOCC2)c2cccc(Cl)c12. The third-order valence-corrected chi connectivity index (χ3v) is 6.60. The Balaban J connectivity index is 1.49. The third kappa shape index (κ3) is 4.75. The first kappa shape index (κ1) is 20.6. The summed E-state index contributed by atoms with van der Waals surface area (Å²) in [4.78, 5) is 12.9. The molecule has 0 bridgehead atoms. The maximum atomic E-state index is 13.3. The molecule has 4 rings (SSSR count). The fraction of sp³-hybridized carbons (Fsp3) is 0.591. The maximum Gasteiger partial charge on any atom is 0.253 e. The van der Waals surface area contributed by atoms with Crippen LogP contribution in [0.1, 0.15) is 48.9 Å². The predicted molar refractivity (Wildman–Crippen MR) is 110 cm³/mol. The van der Waals surface area contributed by atoms with E-state index in [1.54, 1.807) is 6.07 Å². The molecule has 1 aliphatic heterocycles. The van der Waals surface area contributed by atoms with Gasteiger partial charge in [0.1, 0.15) is 0 Å². The molecule has 1 aliphatic carbocycles. The average molecular weight is 425 g/mol. The highest BCUT2D eigenvalue weighted by Gasteiger charge is 2.35. The fourth-order valence-corrected chi connectivity index (χ4v) is 4.75. The summed E-state index contributed by atoms with van der Waals surface area (Å²) in [6.45, 7) is 2.80. The number of halogens is 3. The number of amides is 1. The fourth-order valence-electron chi connectivity index (χ4n) is 4.48. The lowest BCUT2D eigenvalue weighted by Crippen LogP contribution is -2.33. The van der Waals surface area contributed by atoms with E-state index in [4.69, 9.17) is 16.3 Å². The van der Waals surface area contributed by atoms with E-state index in [9.17, 15) is 13.6 Å². The van der Waals surface area contributed by atoms with Crippen molar-refractivity contribution in [3.8, 4) is 0 Å². The Labute approximate surface area is 174 Å². The van der Waals surface area contributed by atoms with Crippen molar-refractivity contribution in [2.45, 2.75) is 51.0 Å². The number of carbonyl (C=O) groups excluding carboxylic acids is 1. The van der Waals surface area contributed by atoms with E-state index < -0.39 is 5.92 Å². The highest BCUT2D eigenvalue weighted by Crippen LogP contribution is 2.36. The van der Waals surface area contributed by atoms with Gasteiger partial charge in [-0.1, -0.05) is 17.7 Å². The number of fused-ring (bicyclic) bond motifs is 1. The van der Waals surface area contributed by atoms with Crippen molar-refractivity contribution in [3.05, 3.63) is 35.0 Å². The summed E-state index contributed by atoms with van der Waals surface area (Å²) in [5.74, 6) is -2.13. The lowest BCUT2D eigenvalue weighted by molar-refractivity contribution is -0.0452. The molecular formula is C22H27ClF2N2O2. The molecule has 1 saturated heterocycles. The first-order chi connectivity index (χ1) is 13.9. The molecule has 2 aromatic rings. The van der Waals surface area contributed by atoms with Gasteiger partial charge in [-0.3, -0.25) is 4.79 Å². The molecule has 0 radical (unpaired) electrons. The smallest absolute Gasteiger partial charge is 0.253 e. The van der Waals surface area contributed by atoms with Crippen LogP contribution in [0.15, 0.2) is 24.4 Å². The molecule has 1 aromatic carbocycles. The third-order valence-electron chi connectivity index (χ3n) is 6.28. The summed E-state index contributed by atoms with van der Waals surface area (Å²) >= 11 is 6.45. The van der Waals surface area contributed by atoms with Crippen molar-refractivity contribution in [2.75, 3.05) is 19.8 Å². The van der Waals surface area contributed by atoms with Gasteiger partial charge in [-0.05, 0) is 49.7 Å². The molecule has 1 saturated carbocycles. The molecule has 0 spiro atoms. The molecule has 0 atom stereocenters. The van der Waals surface area contributed by atoms with E-state index in [2.05, 4.69) is 9.88 Å². The lowest BCUT2D eigenvalue weighted by Gasteiger charge is -2.28. The van der Waals surface area contributed by atoms with Crippen molar-refractivity contribution in [2.24, 2.45) is 11.8 Å². The van der Waals surface area contributed by atoms with Gasteiger partial charge < -0.3 is 14.6 Å². The molecule has 2 heterocycles. The van der Waals surface area contributed by atoms with E-state index in [0.717, 1.165) is 43.5 Å². The van der Waals surface area contributed by atoms with Gasteiger partial charge in [0, 0.05) is 50.7 Å². The minimum atomic E-state index is -2.55. The number of hydrogen-bond acceptors (Lipinski definition) is 2. The molecule has 29 heavy (non-hydrogen) atoms. The van der Waals surface area contributed by atoms with Crippen LogP contribution in [0, 0.1) is 11.8 Å². The van der Waals surface area contributed by atoms with Gasteiger partial charge in [0.2, 0.25) is 5.92 Å². The Morgan fingerprint density at radius 3 is 2.62 bits per heavy atom. The number of aromatic nitrogens is 1. The molecular weight excluding hydrogens is 398 g/mol. The number of hydrogen-bond donors (Lipinski definition) is 1. The van der Waals surface area contributed by atoms with Gasteiger partial charge >= 0.3 is 0 Å². The maximum absolute atomic E-state index is 13.3. The first-order valence-corrected chi connectivity index (χ1v) is 10.8. The Morgan fingerprint density at radius 1 is 1.17 bits per heavy atom. The summed E-state index contributed by atoms with van der Waals surface area (Å²) in [7, 11) is 0. The van der Waals surface area contributed by atoms with Crippen molar-refractivity contribution in [1.29, 1.82) is 0 Å². The second-order valence-corrected chi connectivity index (χ2v) is 8.80. The summed E-state index contributed by atoms with van der Waals surface area (Å²) in [5.41, 5.74) is 1.50.